The number of hydrogen-bond acceptors (Lipinski definition) is 4. The first kappa shape index (κ1) is 16.2. The van der Waals surface area contributed by atoms with Crippen LogP contribution in [0.3, 0.4) is 0 Å². The topological polar surface area (TPSA) is 39.9 Å². The van der Waals surface area contributed by atoms with Gasteiger partial charge in [-0.15, -0.1) is 3.89 Å². The molecule has 2 heterocycles. The zero-order valence-electron chi connectivity index (χ0n) is 11.1. The van der Waals surface area contributed by atoms with Crippen molar-refractivity contribution in [3.8, 4) is 5.88 Å². The van der Waals surface area contributed by atoms with Gasteiger partial charge in [0.1, 0.15) is 28.8 Å². The van der Waals surface area contributed by atoms with Crippen molar-refractivity contribution in [3.63, 3.8) is 0 Å². The van der Waals surface area contributed by atoms with Crippen LogP contribution in [0, 0.1) is 11.6 Å². The van der Waals surface area contributed by atoms with Gasteiger partial charge < -0.3 is 4.74 Å². The maximum absolute atomic E-state index is 13.6. The van der Waals surface area contributed by atoms with Crippen molar-refractivity contribution in [1.82, 2.24) is 13.9 Å². The molecular formula is C13H6Cl2F3N3OS. The van der Waals surface area contributed by atoms with Crippen LogP contribution in [0.4, 0.5) is 12.7 Å². The second-order valence-electron chi connectivity index (χ2n) is 4.35. The number of halogens is 5. The largest absolute Gasteiger partial charge is 0.471 e. The highest BCUT2D eigenvalue weighted by atomic mass is 35.5. The first-order valence-electron chi connectivity index (χ1n) is 6.10. The number of aromatic nitrogens is 3. The fraction of sp³-hybridized carbons (Fsp3) is 0.0769. The third-order valence-corrected chi connectivity index (χ3v) is 4.07. The van der Waals surface area contributed by atoms with Crippen molar-refractivity contribution in [2.75, 3.05) is 0 Å². The molecule has 3 aromatic rings. The van der Waals surface area contributed by atoms with Crippen molar-refractivity contribution in [3.05, 3.63) is 51.8 Å². The van der Waals surface area contributed by atoms with Gasteiger partial charge in [-0.1, -0.05) is 17.7 Å². The lowest BCUT2D eigenvalue weighted by atomic mass is 10.2. The molecule has 0 bridgehead atoms. The smallest absolute Gasteiger partial charge is 0.235 e. The highest BCUT2D eigenvalue weighted by molar-refractivity contribution is 7.93. The number of pyridine rings is 1. The number of fused-ring (bicyclic) bond motifs is 1. The van der Waals surface area contributed by atoms with E-state index in [0.29, 0.717) is 0 Å². The van der Waals surface area contributed by atoms with Gasteiger partial charge in [-0.25, -0.2) is 17.7 Å². The molecule has 0 aliphatic carbocycles. The molecule has 0 saturated heterocycles. The lowest BCUT2D eigenvalue weighted by Crippen LogP contribution is -2.03. The van der Waals surface area contributed by atoms with Gasteiger partial charge in [-0.05, 0) is 29.8 Å². The highest BCUT2D eigenvalue weighted by Crippen LogP contribution is 2.31. The number of hydrogen-bond donors (Lipinski definition) is 0. The van der Waals surface area contributed by atoms with Crippen LogP contribution in [0.1, 0.15) is 5.56 Å². The summed E-state index contributed by atoms with van der Waals surface area (Å²) in [5, 5.41) is -0.0761. The number of rotatable bonds is 4. The summed E-state index contributed by atoms with van der Waals surface area (Å²) in [7, 11) is 0. The molecular weight excluding hydrogens is 374 g/mol. The SMILES string of the molecule is FSn1c(Cl)nc2cc(Cl)c(OCc3c(F)cccc3F)nc21. The zero-order chi connectivity index (χ0) is 16.6. The van der Waals surface area contributed by atoms with Crippen LogP contribution < -0.4 is 4.74 Å². The summed E-state index contributed by atoms with van der Waals surface area (Å²) in [6, 6.07) is 4.82. The fourth-order valence-corrected chi connectivity index (χ4v) is 2.64. The minimum Gasteiger partial charge on any atom is -0.471 e. The Morgan fingerprint density at radius 2 is 1.87 bits per heavy atom. The molecule has 23 heavy (non-hydrogen) atoms. The van der Waals surface area contributed by atoms with Gasteiger partial charge in [-0.2, -0.15) is 4.98 Å². The molecule has 0 fully saturated rings. The van der Waals surface area contributed by atoms with Crippen molar-refractivity contribution in [2.24, 2.45) is 0 Å². The second kappa shape index (κ2) is 6.46. The first-order valence-corrected chi connectivity index (χ1v) is 7.53. The summed E-state index contributed by atoms with van der Waals surface area (Å²) in [4.78, 5) is 7.87. The van der Waals surface area contributed by atoms with Crippen LogP contribution in [0.15, 0.2) is 24.3 Å². The molecule has 0 amide bonds. The lowest BCUT2D eigenvalue weighted by Gasteiger charge is -2.09. The van der Waals surface area contributed by atoms with Crippen LogP contribution in [-0.2, 0) is 6.61 Å². The summed E-state index contributed by atoms with van der Waals surface area (Å²) in [5.74, 6) is -1.63. The van der Waals surface area contributed by atoms with Crippen LogP contribution in [-0.4, -0.2) is 13.9 Å². The summed E-state index contributed by atoms with van der Waals surface area (Å²) in [5.41, 5.74) is 0.0716. The third kappa shape index (κ3) is 3.06. The Bertz CT molecular complexity index is 870. The Morgan fingerprint density at radius 1 is 1.17 bits per heavy atom. The molecule has 0 atom stereocenters. The van der Waals surface area contributed by atoms with Crippen molar-refractivity contribution >= 4 is 46.7 Å². The van der Waals surface area contributed by atoms with Crippen molar-refractivity contribution in [2.45, 2.75) is 6.61 Å². The zero-order valence-corrected chi connectivity index (χ0v) is 13.4. The average molecular weight is 380 g/mol. The van der Waals surface area contributed by atoms with E-state index in [4.69, 9.17) is 27.9 Å². The van der Waals surface area contributed by atoms with Gasteiger partial charge in [0, 0.05) is 0 Å². The van der Waals surface area contributed by atoms with Gasteiger partial charge in [0.05, 0.1) is 5.56 Å². The van der Waals surface area contributed by atoms with Crippen molar-refractivity contribution in [1.29, 1.82) is 0 Å². The summed E-state index contributed by atoms with van der Waals surface area (Å²) in [6.07, 6.45) is 0. The summed E-state index contributed by atoms with van der Waals surface area (Å²) >= 11 is 11.5. The Labute approximate surface area is 142 Å². The van der Waals surface area contributed by atoms with Crippen LogP contribution in [0.25, 0.3) is 11.2 Å². The van der Waals surface area contributed by atoms with Gasteiger partial charge in [0.2, 0.25) is 11.2 Å². The maximum atomic E-state index is 13.6. The number of nitrogens with zero attached hydrogens (tertiary/aromatic N) is 3. The standard InChI is InChI=1S/C13H6Cl2F3N3OS/c14-7-4-10-11(21(23-18)13(15)19-10)20-12(7)22-5-6-8(16)2-1-3-9(6)17/h1-4H,5H2. The number of imidazole rings is 1. The van der Waals surface area contributed by atoms with Crippen LogP contribution >= 0.6 is 35.5 Å². The molecule has 0 N–H and O–H groups in total. The van der Waals surface area contributed by atoms with E-state index in [1.165, 1.54) is 12.1 Å². The third-order valence-electron chi connectivity index (χ3n) is 2.96. The van der Waals surface area contributed by atoms with E-state index in [2.05, 4.69) is 9.97 Å². The molecule has 0 aliphatic rings. The quantitative estimate of drug-likeness (QED) is 0.641. The molecule has 1 aromatic carbocycles. The Kier molecular flexibility index (Phi) is 4.56. The normalized spacial score (nSPS) is 11.2. The molecule has 3 rings (SSSR count). The summed E-state index contributed by atoms with van der Waals surface area (Å²) < 4.78 is 46.2. The minimum absolute atomic E-state index is 0.0550. The highest BCUT2D eigenvalue weighted by Gasteiger charge is 2.17. The average Bonchev–Trinajstić information content (AvgIpc) is 2.80. The second-order valence-corrected chi connectivity index (χ2v) is 5.60. The molecule has 120 valence electrons. The molecule has 10 heteroatoms. The molecule has 0 radical (unpaired) electrons. The van der Waals surface area contributed by atoms with E-state index in [1.807, 2.05) is 0 Å². The van der Waals surface area contributed by atoms with E-state index in [0.717, 1.165) is 16.1 Å². The van der Waals surface area contributed by atoms with E-state index in [-0.39, 0.29) is 45.2 Å². The fourth-order valence-electron chi connectivity index (χ4n) is 1.89. The number of ether oxygens (including phenoxy) is 1. The number of benzene rings is 1. The molecule has 0 aliphatic heterocycles. The molecule has 2 aromatic heterocycles. The minimum atomic E-state index is -0.755. The van der Waals surface area contributed by atoms with E-state index >= 15 is 0 Å². The molecule has 0 unspecified atom stereocenters. The summed E-state index contributed by atoms with van der Waals surface area (Å²) in [6.45, 7) is -0.429. The van der Waals surface area contributed by atoms with Crippen LogP contribution in [0.2, 0.25) is 10.3 Å². The first-order chi connectivity index (χ1) is 11.0. The van der Waals surface area contributed by atoms with E-state index in [9.17, 15) is 12.7 Å². The Morgan fingerprint density at radius 3 is 2.52 bits per heavy atom. The molecule has 4 nitrogen and oxygen atoms in total. The van der Waals surface area contributed by atoms with Crippen molar-refractivity contribution < 1.29 is 17.4 Å². The maximum Gasteiger partial charge on any atom is 0.235 e. The predicted octanol–water partition coefficient (Wildman–Crippen LogP) is 4.98. The lowest BCUT2D eigenvalue weighted by molar-refractivity contribution is 0.282. The Balaban J connectivity index is 1.95. The predicted molar refractivity (Wildman–Crippen MR) is 82.3 cm³/mol. The van der Waals surface area contributed by atoms with E-state index in [1.54, 1.807) is 0 Å². The Hall–Kier alpha value is -1.64. The van der Waals surface area contributed by atoms with Gasteiger partial charge in [-0.3, -0.25) is 0 Å². The van der Waals surface area contributed by atoms with Crippen LogP contribution in [0.5, 0.6) is 5.88 Å². The molecule has 0 saturated carbocycles. The van der Waals surface area contributed by atoms with Gasteiger partial charge >= 0.3 is 0 Å². The monoisotopic (exact) mass is 379 g/mol. The van der Waals surface area contributed by atoms with Gasteiger partial charge in [0.25, 0.3) is 0 Å². The van der Waals surface area contributed by atoms with Gasteiger partial charge in [0.15, 0.2) is 18.0 Å². The van der Waals surface area contributed by atoms with E-state index < -0.39 is 18.2 Å². The molecule has 0 spiro atoms.